The van der Waals surface area contributed by atoms with Crippen molar-refractivity contribution in [2.45, 2.75) is 26.3 Å². The standard InChI is InChI=1S/C11H15N3O3S2/c1-2-10-13-14-11(18-10)6-12-9(15)5-8-3-4-19(16,17)7-8/h3-4,8H,2,5-7H2,1H3,(H,12,15)/t8-/m1/s1. The maximum atomic E-state index is 11.7. The number of nitrogens with zero attached hydrogens (tertiary/aromatic N) is 2. The predicted molar refractivity (Wildman–Crippen MR) is 72.2 cm³/mol. The number of hydrogen-bond donors (Lipinski definition) is 1. The minimum atomic E-state index is -3.09. The Bertz CT molecular complexity index is 592. The molecule has 0 aliphatic carbocycles. The molecular formula is C11H15N3O3S2. The van der Waals surface area contributed by atoms with Gasteiger partial charge in [0.05, 0.1) is 12.3 Å². The largest absolute Gasteiger partial charge is 0.349 e. The highest BCUT2D eigenvalue weighted by molar-refractivity contribution is 7.94. The molecule has 0 saturated carbocycles. The van der Waals surface area contributed by atoms with Gasteiger partial charge in [-0.3, -0.25) is 4.79 Å². The average molecular weight is 301 g/mol. The Kier molecular flexibility index (Phi) is 4.31. The van der Waals surface area contributed by atoms with Crippen molar-refractivity contribution in [2.24, 2.45) is 5.92 Å². The van der Waals surface area contributed by atoms with E-state index >= 15 is 0 Å². The number of carbonyl (C=O) groups excluding carboxylic acids is 1. The van der Waals surface area contributed by atoms with Crippen LogP contribution in [0.4, 0.5) is 0 Å². The van der Waals surface area contributed by atoms with Crippen molar-refractivity contribution in [1.82, 2.24) is 15.5 Å². The van der Waals surface area contributed by atoms with Crippen molar-refractivity contribution in [2.75, 3.05) is 5.75 Å². The van der Waals surface area contributed by atoms with Gasteiger partial charge >= 0.3 is 0 Å². The molecule has 1 amide bonds. The molecule has 2 rings (SSSR count). The lowest BCUT2D eigenvalue weighted by molar-refractivity contribution is -0.121. The fourth-order valence-electron chi connectivity index (χ4n) is 1.75. The van der Waals surface area contributed by atoms with Gasteiger partial charge in [-0.2, -0.15) is 0 Å². The van der Waals surface area contributed by atoms with Crippen LogP contribution in [-0.2, 0) is 27.6 Å². The van der Waals surface area contributed by atoms with Crippen molar-refractivity contribution >= 4 is 27.1 Å². The quantitative estimate of drug-likeness (QED) is 0.863. The maximum absolute atomic E-state index is 11.7. The van der Waals surface area contributed by atoms with Crippen LogP contribution in [0.2, 0.25) is 0 Å². The Morgan fingerprint density at radius 3 is 2.79 bits per heavy atom. The zero-order chi connectivity index (χ0) is 13.9. The van der Waals surface area contributed by atoms with Crippen molar-refractivity contribution in [3.8, 4) is 0 Å². The predicted octanol–water partition coefficient (Wildman–Crippen LogP) is 0.665. The summed E-state index contributed by atoms with van der Waals surface area (Å²) in [5, 5.41) is 13.5. The minimum absolute atomic E-state index is 0.0270. The van der Waals surface area contributed by atoms with Crippen molar-refractivity contribution in [1.29, 1.82) is 0 Å². The smallest absolute Gasteiger partial charge is 0.220 e. The van der Waals surface area contributed by atoms with Gasteiger partial charge < -0.3 is 5.32 Å². The van der Waals surface area contributed by atoms with E-state index < -0.39 is 9.84 Å². The van der Waals surface area contributed by atoms with Gasteiger partial charge in [-0.25, -0.2) is 8.42 Å². The van der Waals surface area contributed by atoms with E-state index in [4.69, 9.17) is 0 Å². The van der Waals surface area contributed by atoms with E-state index in [0.29, 0.717) is 6.54 Å². The molecule has 0 saturated heterocycles. The second-order valence-corrected chi connectivity index (χ2v) is 7.42. The number of hydrogen-bond acceptors (Lipinski definition) is 6. The van der Waals surface area contributed by atoms with Gasteiger partial charge in [-0.05, 0) is 6.42 Å². The van der Waals surface area contributed by atoms with Gasteiger partial charge in [-0.15, -0.1) is 10.2 Å². The lowest BCUT2D eigenvalue weighted by Gasteiger charge is -2.06. The molecule has 104 valence electrons. The Balaban J connectivity index is 1.78. The topological polar surface area (TPSA) is 89.0 Å². The molecule has 6 nitrogen and oxygen atoms in total. The second kappa shape index (κ2) is 5.79. The Morgan fingerprint density at radius 2 is 2.21 bits per heavy atom. The molecule has 1 aliphatic heterocycles. The number of carbonyl (C=O) groups is 1. The summed E-state index contributed by atoms with van der Waals surface area (Å²) in [5.74, 6) is -0.357. The van der Waals surface area contributed by atoms with Gasteiger partial charge in [0.15, 0.2) is 9.84 Å². The SMILES string of the molecule is CCc1nnc(CNC(=O)C[C@H]2C=CS(=O)(=O)C2)s1. The highest BCUT2D eigenvalue weighted by Crippen LogP contribution is 2.18. The molecule has 1 aliphatic rings. The molecule has 0 aromatic carbocycles. The number of rotatable bonds is 5. The van der Waals surface area contributed by atoms with Gasteiger partial charge in [0.25, 0.3) is 0 Å². The molecule has 0 fully saturated rings. The minimum Gasteiger partial charge on any atom is -0.349 e. The fraction of sp³-hybridized carbons (Fsp3) is 0.545. The molecule has 0 spiro atoms. The van der Waals surface area contributed by atoms with Crippen LogP contribution < -0.4 is 5.32 Å². The fourth-order valence-corrected chi connectivity index (χ4v) is 3.88. The molecular weight excluding hydrogens is 286 g/mol. The van der Waals surface area contributed by atoms with Crippen molar-refractivity contribution < 1.29 is 13.2 Å². The number of amides is 1. The maximum Gasteiger partial charge on any atom is 0.220 e. The van der Waals surface area contributed by atoms with Crippen LogP contribution in [0.15, 0.2) is 11.5 Å². The van der Waals surface area contributed by atoms with Crippen LogP contribution in [-0.4, -0.2) is 30.3 Å². The van der Waals surface area contributed by atoms with E-state index in [1.54, 1.807) is 6.08 Å². The molecule has 1 aromatic heterocycles. The van der Waals surface area contributed by atoms with Crippen molar-refractivity contribution in [3.05, 3.63) is 21.5 Å². The Labute approximate surface area is 115 Å². The number of sulfone groups is 1. The van der Waals surface area contributed by atoms with E-state index in [9.17, 15) is 13.2 Å². The van der Waals surface area contributed by atoms with E-state index in [0.717, 1.165) is 16.4 Å². The first-order valence-electron chi connectivity index (χ1n) is 5.97. The number of aryl methyl sites for hydroxylation is 1. The molecule has 1 atom stereocenters. The van der Waals surface area contributed by atoms with Crippen LogP contribution in [0.5, 0.6) is 0 Å². The van der Waals surface area contributed by atoms with Crippen LogP contribution in [0.1, 0.15) is 23.4 Å². The average Bonchev–Trinajstić information content (AvgIpc) is 2.93. The van der Waals surface area contributed by atoms with Crippen LogP contribution in [0.3, 0.4) is 0 Å². The summed E-state index contributed by atoms with van der Waals surface area (Å²) in [6.07, 6.45) is 2.60. The summed E-state index contributed by atoms with van der Waals surface area (Å²) in [6, 6.07) is 0. The number of nitrogens with one attached hydrogen (secondary N) is 1. The molecule has 0 radical (unpaired) electrons. The Hall–Kier alpha value is -1.28. The highest BCUT2D eigenvalue weighted by atomic mass is 32.2. The molecule has 19 heavy (non-hydrogen) atoms. The van der Waals surface area contributed by atoms with Crippen molar-refractivity contribution in [3.63, 3.8) is 0 Å². The summed E-state index contributed by atoms with van der Waals surface area (Å²) in [7, 11) is -3.09. The number of aromatic nitrogens is 2. The molecule has 0 bridgehead atoms. The summed E-state index contributed by atoms with van der Waals surface area (Å²) >= 11 is 1.47. The third kappa shape index (κ3) is 4.10. The first-order valence-corrected chi connectivity index (χ1v) is 8.50. The summed E-state index contributed by atoms with van der Waals surface area (Å²) in [4.78, 5) is 11.7. The third-order valence-electron chi connectivity index (χ3n) is 2.70. The molecule has 0 unspecified atom stereocenters. The monoisotopic (exact) mass is 301 g/mol. The first-order chi connectivity index (χ1) is 8.98. The van der Waals surface area contributed by atoms with Crippen LogP contribution >= 0.6 is 11.3 Å². The van der Waals surface area contributed by atoms with E-state index in [-0.39, 0.29) is 24.0 Å². The van der Waals surface area contributed by atoms with Crippen LogP contribution in [0.25, 0.3) is 0 Å². The lowest BCUT2D eigenvalue weighted by atomic mass is 10.1. The Morgan fingerprint density at radius 1 is 1.47 bits per heavy atom. The summed E-state index contributed by atoms with van der Waals surface area (Å²) < 4.78 is 22.4. The van der Waals surface area contributed by atoms with Gasteiger partial charge in [0, 0.05) is 17.7 Å². The molecule has 8 heteroatoms. The van der Waals surface area contributed by atoms with Crippen LogP contribution in [0, 0.1) is 5.92 Å². The van der Waals surface area contributed by atoms with Gasteiger partial charge in [-0.1, -0.05) is 24.3 Å². The van der Waals surface area contributed by atoms with Gasteiger partial charge in [0.2, 0.25) is 5.91 Å². The zero-order valence-corrected chi connectivity index (χ0v) is 12.1. The third-order valence-corrected chi connectivity index (χ3v) is 5.23. The van der Waals surface area contributed by atoms with E-state index in [1.807, 2.05) is 6.92 Å². The summed E-state index contributed by atoms with van der Waals surface area (Å²) in [5.41, 5.74) is 0. The molecule has 2 heterocycles. The lowest BCUT2D eigenvalue weighted by Crippen LogP contribution is -2.25. The summed E-state index contributed by atoms with van der Waals surface area (Å²) in [6.45, 7) is 2.34. The zero-order valence-electron chi connectivity index (χ0n) is 10.5. The van der Waals surface area contributed by atoms with E-state index in [1.165, 1.54) is 16.7 Å². The highest BCUT2D eigenvalue weighted by Gasteiger charge is 2.23. The second-order valence-electron chi connectivity index (χ2n) is 4.34. The molecule has 1 aromatic rings. The number of allylic oxidation sites excluding steroid dienone is 1. The molecule has 1 N–H and O–H groups in total. The van der Waals surface area contributed by atoms with E-state index in [2.05, 4.69) is 15.5 Å². The first kappa shape index (κ1) is 14.1. The normalized spacial score (nSPS) is 20.6. The van der Waals surface area contributed by atoms with Gasteiger partial charge in [0.1, 0.15) is 10.0 Å².